The van der Waals surface area contributed by atoms with Crippen molar-refractivity contribution in [3.8, 4) is 0 Å². The van der Waals surface area contributed by atoms with Crippen molar-refractivity contribution in [2.75, 3.05) is 0 Å². The van der Waals surface area contributed by atoms with Gasteiger partial charge in [0.05, 0.1) is 28.6 Å². The highest BCUT2D eigenvalue weighted by molar-refractivity contribution is 5.81. The minimum absolute atomic E-state index is 0.0652. The molecule has 3 saturated carbocycles. The fourth-order valence-corrected chi connectivity index (χ4v) is 10.0. The molecule has 0 amide bonds. The summed E-state index contributed by atoms with van der Waals surface area (Å²) >= 11 is 0. The zero-order chi connectivity index (χ0) is 30.5. The Morgan fingerprint density at radius 2 is 1.63 bits per heavy atom. The van der Waals surface area contributed by atoms with Crippen LogP contribution in [-0.2, 0) is 9.47 Å². The van der Waals surface area contributed by atoms with Crippen LogP contribution in [0.3, 0.4) is 0 Å². The van der Waals surface area contributed by atoms with Gasteiger partial charge in [-0.3, -0.25) is 19.8 Å². The maximum atomic E-state index is 12.6. The quantitative estimate of drug-likeness (QED) is 0.294. The van der Waals surface area contributed by atoms with E-state index >= 15 is 0 Å². The number of allylic oxidation sites excluding steroid dienone is 1. The minimum atomic E-state index is -1.32. The van der Waals surface area contributed by atoms with Crippen molar-refractivity contribution < 1.29 is 29.9 Å². The lowest BCUT2D eigenvalue weighted by atomic mass is 9.45. The van der Waals surface area contributed by atoms with Crippen LogP contribution in [0.4, 0.5) is 0 Å². The first kappa shape index (κ1) is 29.4. The van der Waals surface area contributed by atoms with Crippen LogP contribution in [0.1, 0.15) is 83.6 Å². The third-order valence-corrected chi connectivity index (χ3v) is 12.6. The number of hydrogen-bond donors (Lipinski definition) is 6. The Morgan fingerprint density at radius 1 is 0.884 bits per heavy atom. The summed E-state index contributed by atoms with van der Waals surface area (Å²) in [6, 6.07) is 5.56. The number of fused-ring (bicyclic) bond motifs is 6. The fourth-order valence-electron chi connectivity index (χ4n) is 10.0. The Bertz CT molecular complexity index is 1570. The lowest BCUT2D eigenvalue weighted by Gasteiger charge is -2.62. The van der Waals surface area contributed by atoms with E-state index in [1.165, 1.54) is 5.57 Å². The number of nitrogens with one attached hydrogen (secondary N) is 2. The predicted octanol–water partition coefficient (Wildman–Crippen LogP) is 2.59. The van der Waals surface area contributed by atoms with Gasteiger partial charge in [0.2, 0.25) is 0 Å². The second-order valence-corrected chi connectivity index (χ2v) is 14.4. The maximum Gasteiger partial charge on any atom is 0.270 e. The Kier molecular flexibility index (Phi) is 6.89. The van der Waals surface area contributed by atoms with Crippen LogP contribution in [0, 0.1) is 22.7 Å². The first-order chi connectivity index (χ1) is 20.4. The molecular weight excluding hydrogens is 552 g/mol. The topological polar surface area (TPSA) is 165 Å². The molecule has 43 heavy (non-hydrogen) atoms. The molecule has 10 nitrogen and oxygen atoms in total. The van der Waals surface area contributed by atoms with E-state index in [0.29, 0.717) is 23.1 Å². The normalized spacial score (nSPS) is 46.1. The van der Waals surface area contributed by atoms with Crippen LogP contribution >= 0.6 is 0 Å². The molecule has 7 rings (SSSR count). The van der Waals surface area contributed by atoms with Gasteiger partial charge >= 0.3 is 0 Å². The number of hydrogen-bond acceptors (Lipinski definition) is 8. The zero-order valence-electron chi connectivity index (χ0n) is 25.1. The van der Waals surface area contributed by atoms with E-state index in [2.05, 4.69) is 30.1 Å². The molecule has 0 radical (unpaired) electrons. The smallest absolute Gasteiger partial charge is 0.270 e. The molecule has 2 heterocycles. The van der Waals surface area contributed by atoms with Crippen molar-refractivity contribution in [1.29, 1.82) is 0 Å². The van der Waals surface area contributed by atoms with Gasteiger partial charge in [0.15, 0.2) is 6.29 Å². The highest BCUT2D eigenvalue weighted by Gasteiger charge is 2.66. The number of aromatic nitrogens is 2. The molecule has 5 aliphatic rings. The highest BCUT2D eigenvalue weighted by Crippen LogP contribution is 2.70. The summed E-state index contributed by atoms with van der Waals surface area (Å²) in [5, 5.41) is 49.0. The van der Waals surface area contributed by atoms with Gasteiger partial charge in [0.1, 0.15) is 18.3 Å². The molecule has 234 valence electrons. The van der Waals surface area contributed by atoms with Crippen LogP contribution in [0.2, 0.25) is 0 Å². The molecule has 0 bridgehead atoms. The molecule has 10 heteroatoms. The first-order valence-corrected chi connectivity index (χ1v) is 15.9. The van der Waals surface area contributed by atoms with Gasteiger partial charge in [0.25, 0.3) is 11.1 Å². The molecule has 1 saturated heterocycles. The molecular formula is C33H44N2O8. The van der Waals surface area contributed by atoms with E-state index in [-0.39, 0.29) is 39.9 Å². The van der Waals surface area contributed by atoms with Crippen molar-refractivity contribution in [3.05, 3.63) is 56.1 Å². The van der Waals surface area contributed by atoms with Gasteiger partial charge in [-0.1, -0.05) is 31.6 Å². The van der Waals surface area contributed by atoms with E-state index in [9.17, 15) is 30.0 Å². The number of ether oxygens (including phenoxy) is 2. The second kappa shape index (κ2) is 10.1. The highest BCUT2D eigenvalue weighted by atomic mass is 16.7. The Labute approximate surface area is 250 Å². The van der Waals surface area contributed by atoms with Crippen LogP contribution < -0.4 is 11.1 Å². The summed E-state index contributed by atoms with van der Waals surface area (Å²) < 4.78 is 11.9. The Hall–Kier alpha value is -2.34. The number of H-pyrrole nitrogens is 2. The largest absolute Gasteiger partial charge is 0.389 e. The van der Waals surface area contributed by atoms with E-state index in [0.717, 1.165) is 50.5 Å². The van der Waals surface area contributed by atoms with Crippen LogP contribution in [0.15, 0.2) is 39.4 Å². The van der Waals surface area contributed by atoms with Crippen LogP contribution in [-0.4, -0.2) is 73.0 Å². The lowest BCUT2D eigenvalue weighted by Crippen LogP contribution is -2.60. The molecule has 12 atom stereocenters. The summed E-state index contributed by atoms with van der Waals surface area (Å²) in [5.74, 6) is 0.578. The Balaban J connectivity index is 1.13. The van der Waals surface area contributed by atoms with Gasteiger partial charge in [-0.25, -0.2) is 0 Å². The number of aliphatic hydroxyl groups excluding tert-OH is 3. The number of aromatic amines is 2. The SMILES string of the molecule is C[C@@H]1O[C@@H](O[C@@H]2C=C3CC[C@@H]4[C@H](CC[C@]5(C)[C@@H](c6ccc7c(=O)[nH][nH]c(=O)c7c6)CC[C@]45O)[C@@]3(C)CC2)[C@H](O)[C@H](O)[C@H]1O. The molecule has 0 spiro atoms. The van der Waals surface area contributed by atoms with E-state index in [4.69, 9.17) is 9.47 Å². The number of rotatable bonds is 3. The van der Waals surface area contributed by atoms with Crippen molar-refractivity contribution in [3.63, 3.8) is 0 Å². The summed E-state index contributed by atoms with van der Waals surface area (Å²) in [6.07, 6.45) is 3.26. The van der Waals surface area contributed by atoms with Crippen molar-refractivity contribution >= 4 is 10.8 Å². The summed E-state index contributed by atoms with van der Waals surface area (Å²) in [7, 11) is 0. The van der Waals surface area contributed by atoms with E-state index < -0.39 is 36.3 Å². The predicted molar refractivity (Wildman–Crippen MR) is 158 cm³/mol. The molecule has 4 aliphatic carbocycles. The first-order valence-electron chi connectivity index (χ1n) is 15.9. The van der Waals surface area contributed by atoms with Crippen molar-refractivity contribution in [2.45, 2.75) is 120 Å². The molecule has 1 aromatic carbocycles. The standard InChI is InChI=1S/C33H44N2O8/c1-16-25(36)26(37)27(38)30(42-16)43-19-8-11-31(2)18(15-19)5-7-24-23(31)9-12-32(3)22(10-13-33(24,32)41)17-4-6-20-21(14-17)29(40)35-34-28(20)39/h4,6,14-16,19,22-27,30,36-38,41H,5,7-13H2,1-3H3,(H,34,39)(H,35,40)/t16-,19-,22+,23-,24+,25-,26+,27+,30-,31-,32+,33-/m0/s1. The second-order valence-electron chi connectivity index (χ2n) is 14.4. The number of benzene rings is 1. The molecule has 4 fully saturated rings. The van der Waals surface area contributed by atoms with Gasteiger partial charge < -0.3 is 29.9 Å². The summed E-state index contributed by atoms with van der Waals surface area (Å²) in [5.41, 5.74) is 0.484. The summed E-state index contributed by atoms with van der Waals surface area (Å²) in [4.78, 5) is 24.8. The monoisotopic (exact) mass is 596 g/mol. The maximum absolute atomic E-state index is 12.6. The van der Waals surface area contributed by atoms with Crippen LogP contribution in [0.25, 0.3) is 10.8 Å². The average molecular weight is 597 g/mol. The third-order valence-electron chi connectivity index (χ3n) is 12.6. The van der Waals surface area contributed by atoms with Gasteiger partial charge in [0, 0.05) is 5.41 Å². The van der Waals surface area contributed by atoms with E-state index in [1.807, 2.05) is 12.1 Å². The molecule has 1 aliphatic heterocycles. The third kappa shape index (κ3) is 4.20. The molecule has 1 aromatic heterocycles. The summed E-state index contributed by atoms with van der Waals surface area (Å²) in [6.45, 7) is 6.22. The van der Waals surface area contributed by atoms with Crippen molar-refractivity contribution in [2.24, 2.45) is 22.7 Å². The lowest BCUT2D eigenvalue weighted by molar-refractivity contribution is -0.301. The zero-order valence-corrected chi connectivity index (χ0v) is 25.1. The number of aliphatic hydroxyl groups is 4. The molecule has 6 N–H and O–H groups in total. The van der Waals surface area contributed by atoms with Gasteiger partial charge in [-0.05, 0) is 99.2 Å². The fraction of sp³-hybridized carbons (Fsp3) is 0.697. The van der Waals surface area contributed by atoms with Crippen molar-refractivity contribution in [1.82, 2.24) is 10.2 Å². The van der Waals surface area contributed by atoms with E-state index in [1.54, 1.807) is 13.0 Å². The van der Waals surface area contributed by atoms with Crippen LogP contribution in [0.5, 0.6) is 0 Å². The van der Waals surface area contributed by atoms with Gasteiger partial charge in [-0.15, -0.1) is 0 Å². The Morgan fingerprint density at radius 3 is 2.40 bits per heavy atom. The average Bonchev–Trinajstić information content (AvgIpc) is 3.27. The van der Waals surface area contributed by atoms with Gasteiger partial charge in [-0.2, -0.15) is 0 Å². The molecule has 2 aromatic rings. The minimum Gasteiger partial charge on any atom is -0.389 e. The molecule has 0 unspecified atom stereocenters.